The van der Waals surface area contributed by atoms with E-state index in [9.17, 15) is 36.3 Å². The SMILES string of the molecule is CC(C(=O)NCC(F)(F)C(F)(F)F)C(=O)N[C@H]1CNc2ccccc2N(C)C1=O. The molecule has 12 heteroatoms. The fraction of sp³-hybridized carbons (Fsp3) is 0.471. The number of para-hydroxylation sites is 2. The maximum absolute atomic E-state index is 12.9. The first-order chi connectivity index (χ1) is 13.3. The molecule has 0 radical (unpaired) electrons. The van der Waals surface area contributed by atoms with E-state index in [1.165, 1.54) is 17.3 Å². The summed E-state index contributed by atoms with van der Waals surface area (Å²) in [7, 11) is 1.49. The molecular weight excluding hydrogens is 403 g/mol. The Morgan fingerprint density at radius 3 is 2.45 bits per heavy atom. The molecule has 0 fully saturated rings. The van der Waals surface area contributed by atoms with Crippen molar-refractivity contribution in [2.45, 2.75) is 25.1 Å². The van der Waals surface area contributed by atoms with Crippen molar-refractivity contribution in [3.05, 3.63) is 24.3 Å². The number of carbonyl (C=O) groups is 3. The van der Waals surface area contributed by atoms with Crippen molar-refractivity contribution in [2.75, 3.05) is 30.4 Å². The van der Waals surface area contributed by atoms with Crippen LogP contribution in [-0.2, 0) is 14.4 Å². The number of benzene rings is 1. The summed E-state index contributed by atoms with van der Waals surface area (Å²) in [6, 6.07) is 5.78. The number of rotatable bonds is 5. The Balaban J connectivity index is 1.99. The molecule has 0 bridgehead atoms. The number of nitrogens with zero attached hydrogens (tertiary/aromatic N) is 1. The van der Waals surface area contributed by atoms with E-state index >= 15 is 0 Å². The molecule has 1 heterocycles. The van der Waals surface area contributed by atoms with Crippen LogP contribution in [0.3, 0.4) is 0 Å². The summed E-state index contributed by atoms with van der Waals surface area (Å²) < 4.78 is 62.3. The summed E-state index contributed by atoms with van der Waals surface area (Å²) in [5, 5.41) is 6.70. The molecule has 1 aliphatic heterocycles. The van der Waals surface area contributed by atoms with Crippen LogP contribution in [0.1, 0.15) is 6.92 Å². The van der Waals surface area contributed by atoms with E-state index in [0.29, 0.717) is 11.4 Å². The van der Waals surface area contributed by atoms with Crippen LogP contribution in [0.15, 0.2) is 24.3 Å². The second-order valence-electron chi connectivity index (χ2n) is 6.50. The molecule has 3 N–H and O–H groups in total. The fourth-order valence-electron chi connectivity index (χ4n) is 2.55. The lowest BCUT2D eigenvalue weighted by atomic mass is 10.1. The maximum Gasteiger partial charge on any atom is 0.455 e. The maximum atomic E-state index is 12.9. The van der Waals surface area contributed by atoms with Gasteiger partial charge in [0, 0.05) is 13.6 Å². The summed E-state index contributed by atoms with van der Waals surface area (Å²) in [5.74, 6) is -9.53. The number of hydrogen-bond donors (Lipinski definition) is 3. The highest BCUT2D eigenvalue weighted by atomic mass is 19.4. The van der Waals surface area contributed by atoms with Gasteiger partial charge in [0.2, 0.25) is 11.8 Å². The Hall–Kier alpha value is -2.92. The van der Waals surface area contributed by atoms with Gasteiger partial charge >= 0.3 is 12.1 Å². The minimum Gasteiger partial charge on any atom is -0.381 e. The molecule has 0 saturated heterocycles. The van der Waals surface area contributed by atoms with Gasteiger partial charge in [-0.15, -0.1) is 0 Å². The van der Waals surface area contributed by atoms with E-state index in [2.05, 4.69) is 10.6 Å². The molecule has 1 unspecified atom stereocenters. The molecule has 0 spiro atoms. The molecule has 1 aliphatic rings. The number of alkyl halides is 5. The fourth-order valence-corrected chi connectivity index (χ4v) is 2.55. The zero-order valence-corrected chi connectivity index (χ0v) is 15.4. The zero-order chi connectivity index (χ0) is 22.0. The van der Waals surface area contributed by atoms with Gasteiger partial charge in [-0.2, -0.15) is 22.0 Å². The molecule has 7 nitrogen and oxygen atoms in total. The third kappa shape index (κ3) is 4.93. The third-order valence-electron chi connectivity index (χ3n) is 4.39. The number of anilines is 2. The molecule has 0 saturated carbocycles. The van der Waals surface area contributed by atoms with Crippen LogP contribution < -0.4 is 20.9 Å². The Bertz CT molecular complexity index is 800. The lowest BCUT2D eigenvalue weighted by Crippen LogP contribution is -2.53. The zero-order valence-electron chi connectivity index (χ0n) is 15.4. The molecule has 1 aromatic rings. The first-order valence-electron chi connectivity index (χ1n) is 8.48. The number of likely N-dealkylation sites (N-methyl/N-ethyl adjacent to an activating group) is 1. The predicted octanol–water partition coefficient (Wildman–Crippen LogP) is 1.51. The molecule has 160 valence electrons. The number of carbonyl (C=O) groups excluding carboxylic acids is 3. The van der Waals surface area contributed by atoms with Crippen molar-refractivity contribution in [1.82, 2.24) is 10.6 Å². The standard InChI is InChI=1S/C17H19F5N4O3/c1-9(13(27)24-8-16(18,19)17(20,21)22)14(28)25-11-7-23-10-5-3-4-6-12(10)26(2)15(11)29/h3-6,9,11,23H,7-8H2,1-2H3,(H,24,27)(H,25,28)/t9?,11-/m0/s1. The van der Waals surface area contributed by atoms with Crippen LogP contribution in [0.5, 0.6) is 0 Å². The molecular formula is C17H19F5N4O3. The van der Waals surface area contributed by atoms with E-state index < -0.39 is 48.3 Å². The van der Waals surface area contributed by atoms with Crippen molar-refractivity contribution in [3.63, 3.8) is 0 Å². The quantitative estimate of drug-likeness (QED) is 0.496. The summed E-state index contributed by atoms with van der Waals surface area (Å²) in [6.07, 6.45) is -5.83. The first kappa shape index (κ1) is 22.4. The minimum atomic E-state index is -5.83. The van der Waals surface area contributed by atoms with Crippen LogP contribution in [0.2, 0.25) is 0 Å². The highest BCUT2D eigenvalue weighted by molar-refractivity contribution is 6.05. The number of nitrogens with one attached hydrogen (secondary N) is 3. The molecule has 1 aromatic carbocycles. The van der Waals surface area contributed by atoms with Crippen molar-refractivity contribution in [1.29, 1.82) is 0 Å². The van der Waals surface area contributed by atoms with Crippen LogP contribution >= 0.6 is 0 Å². The number of hydrogen-bond acceptors (Lipinski definition) is 4. The second kappa shape index (κ2) is 8.21. The van der Waals surface area contributed by atoms with Gasteiger partial charge in [-0.25, -0.2) is 0 Å². The van der Waals surface area contributed by atoms with E-state index in [0.717, 1.165) is 6.92 Å². The summed E-state index contributed by atoms with van der Waals surface area (Å²) >= 11 is 0. The number of amides is 3. The lowest BCUT2D eigenvalue weighted by molar-refractivity contribution is -0.278. The highest BCUT2D eigenvalue weighted by Gasteiger charge is 2.57. The van der Waals surface area contributed by atoms with Crippen LogP contribution in [-0.4, -0.2) is 56.0 Å². The molecule has 0 aliphatic carbocycles. The second-order valence-corrected chi connectivity index (χ2v) is 6.50. The summed E-state index contributed by atoms with van der Waals surface area (Å²) in [6.45, 7) is -0.967. The molecule has 3 amide bonds. The van der Waals surface area contributed by atoms with Crippen molar-refractivity contribution in [3.8, 4) is 0 Å². The smallest absolute Gasteiger partial charge is 0.381 e. The minimum absolute atomic E-state index is 0.00753. The van der Waals surface area contributed by atoms with Gasteiger partial charge in [-0.3, -0.25) is 14.4 Å². The predicted molar refractivity (Wildman–Crippen MR) is 93.4 cm³/mol. The topological polar surface area (TPSA) is 90.5 Å². The van der Waals surface area contributed by atoms with E-state index in [1.54, 1.807) is 24.3 Å². The van der Waals surface area contributed by atoms with Gasteiger partial charge in [0.1, 0.15) is 12.0 Å². The van der Waals surface area contributed by atoms with Gasteiger partial charge in [-0.1, -0.05) is 12.1 Å². The van der Waals surface area contributed by atoms with Gasteiger partial charge in [0.15, 0.2) is 0 Å². The van der Waals surface area contributed by atoms with E-state index in [1.807, 2.05) is 0 Å². The Kier molecular flexibility index (Phi) is 6.34. The lowest BCUT2D eigenvalue weighted by Gasteiger charge is -2.23. The average Bonchev–Trinajstić information content (AvgIpc) is 2.77. The molecule has 0 aromatic heterocycles. The highest BCUT2D eigenvalue weighted by Crippen LogP contribution is 2.34. The summed E-state index contributed by atoms with van der Waals surface area (Å²) in [5.41, 5.74) is 1.20. The van der Waals surface area contributed by atoms with Crippen molar-refractivity contribution < 1.29 is 36.3 Å². The monoisotopic (exact) mass is 422 g/mol. The first-order valence-corrected chi connectivity index (χ1v) is 8.48. The van der Waals surface area contributed by atoms with Gasteiger partial charge in [0.25, 0.3) is 5.91 Å². The summed E-state index contributed by atoms with van der Waals surface area (Å²) in [4.78, 5) is 37.9. The van der Waals surface area contributed by atoms with Gasteiger partial charge < -0.3 is 20.9 Å². The van der Waals surface area contributed by atoms with Crippen LogP contribution in [0.25, 0.3) is 0 Å². The van der Waals surface area contributed by atoms with Gasteiger partial charge in [-0.05, 0) is 19.1 Å². The largest absolute Gasteiger partial charge is 0.455 e. The average molecular weight is 422 g/mol. The molecule has 2 rings (SSSR count). The van der Waals surface area contributed by atoms with Crippen molar-refractivity contribution in [2.24, 2.45) is 5.92 Å². The Labute approximate surface area is 162 Å². The van der Waals surface area contributed by atoms with Crippen molar-refractivity contribution >= 4 is 29.1 Å². The Morgan fingerprint density at radius 1 is 1.21 bits per heavy atom. The Morgan fingerprint density at radius 2 is 1.83 bits per heavy atom. The van der Waals surface area contributed by atoms with Gasteiger partial charge in [0.05, 0.1) is 17.9 Å². The number of halogens is 5. The molecule has 29 heavy (non-hydrogen) atoms. The van der Waals surface area contributed by atoms with Crippen LogP contribution in [0, 0.1) is 5.92 Å². The van der Waals surface area contributed by atoms with E-state index in [-0.39, 0.29) is 6.54 Å². The normalized spacial score (nSPS) is 18.2. The molecule has 2 atom stereocenters. The number of fused-ring (bicyclic) bond motifs is 1. The van der Waals surface area contributed by atoms with Crippen LogP contribution in [0.4, 0.5) is 33.3 Å². The van der Waals surface area contributed by atoms with E-state index in [4.69, 9.17) is 0 Å². The third-order valence-corrected chi connectivity index (χ3v) is 4.39.